The van der Waals surface area contributed by atoms with Gasteiger partial charge in [0.05, 0.1) is 0 Å². The van der Waals surface area contributed by atoms with E-state index in [0.29, 0.717) is 19.3 Å². The highest BCUT2D eigenvalue weighted by molar-refractivity contribution is 5.71. The van der Waals surface area contributed by atoms with Gasteiger partial charge in [0.15, 0.2) is 6.10 Å². The van der Waals surface area contributed by atoms with Gasteiger partial charge in [-0.15, -0.1) is 0 Å². The smallest absolute Gasteiger partial charge is 0.306 e. The molecule has 6 nitrogen and oxygen atoms in total. The Balaban J connectivity index is 4.16. The lowest BCUT2D eigenvalue weighted by Gasteiger charge is -2.18. The Morgan fingerprint density at radius 2 is 0.466 bits per heavy atom. The second-order valence-electron chi connectivity index (χ2n) is 22.7. The van der Waals surface area contributed by atoms with Crippen LogP contribution in [0.5, 0.6) is 0 Å². The molecule has 0 aliphatic rings. The van der Waals surface area contributed by atoms with Crippen LogP contribution in [0.25, 0.3) is 0 Å². The van der Waals surface area contributed by atoms with E-state index in [1.165, 1.54) is 276 Å². The number of hydrogen-bond donors (Lipinski definition) is 0. The van der Waals surface area contributed by atoms with Gasteiger partial charge in [0.1, 0.15) is 13.2 Å². The summed E-state index contributed by atoms with van der Waals surface area (Å²) in [6.07, 6.45) is 73.8. The molecule has 0 radical (unpaired) electrons. The number of ether oxygens (including phenoxy) is 3. The molecule has 6 heteroatoms. The van der Waals surface area contributed by atoms with Gasteiger partial charge >= 0.3 is 17.9 Å². The van der Waals surface area contributed by atoms with Crippen molar-refractivity contribution in [3.8, 4) is 0 Å². The number of hydrogen-bond acceptors (Lipinski definition) is 6. The predicted molar refractivity (Wildman–Crippen MR) is 317 cm³/mol. The molecule has 0 aromatic carbocycles. The van der Waals surface area contributed by atoms with Crippen LogP contribution in [-0.2, 0) is 28.6 Å². The second kappa shape index (κ2) is 62.7. The SMILES string of the molecule is CCCC/C=C\CCCCCCCC(=O)OCC(COC(=O)CCCCCCCCCCCCCCCCCCCCCCCCCCC)OC(=O)CCCCCCCCCCCCCCCCCCCCC. The summed E-state index contributed by atoms with van der Waals surface area (Å²) in [6, 6.07) is 0. The van der Waals surface area contributed by atoms with Gasteiger partial charge in [-0.3, -0.25) is 14.4 Å². The van der Waals surface area contributed by atoms with E-state index in [1.54, 1.807) is 0 Å². The summed E-state index contributed by atoms with van der Waals surface area (Å²) in [7, 11) is 0. The van der Waals surface area contributed by atoms with E-state index in [0.717, 1.165) is 64.2 Å². The number of rotatable bonds is 62. The Morgan fingerprint density at radius 3 is 0.726 bits per heavy atom. The van der Waals surface area contributed by atoms with Crippen molar-refractivity contribution in [3.05, 3.63) is 12.2 Å². The van der Waals surface area contributed by atoms with Crippen LogP contribution in [0.3, 0.4) is 0 Å². The molecule has 0 aromatic heterocycles. The van der Waals surface area contributed by atoms with E-state index < -0.39 is 6.10 Å². The number of allylic oxidation sites excluding steroid dienone is 2. The molecule has 0 spiro atoms. The summed E-state index contributed by atoms with van der Waals surface area (Å²) in [5, 5.41) is 0. The van der Waals surface area contributed by atoms with Gasteiger partial charge in [-0.25, -0.2) is 0 Å². The molecule has 0 bridgehead atoms. The summed E-state index contributed by atoms with van der Waals surface area (Å²) in [4.78, 5) is 38.3. The lowest BCUT2D eigenvalue weighted by Crippen LogP contribution is -2.30. The summed E-state index contributed by atoms with van der Waals surface area (Å²) in [5.74, 6) is -0.846. The molecule has 0 aliphatic heterocycles. The van der Waals surface area contributed by atoms with E-state index >= 15 is 0 Å². The normalized spacial score (nSPS) is 12.0. The zero-order valence-corrected chi connectivity index (χ0v) is 49.7. The van der Waals surface area contributed by atoms with E-state index in [4.69, 9.17) is 14.2 Å². The van der Waals surface area contributed by atoms with Crippen molar-refractivity contribution in [2.45, 2.75) is 386 Å². The molecule has 1 atom stereocenters. The standard InChI is InChI=1S/C67H128O6/c1-4-7-10-13-16-19-22-24-26-28-30-31-32-33-34-35-37-38-40-42-45-48-51-54-57-60-66(69)72-63-64(62-71-65(68)59-56-53-50-47-44-21-18-15-12-9-6-3)73-67(70)61-58-55-52-49-46-43-41-39-36-29-27-25-23-20-17-14-11-8-5-2/h15,18,64H,4-14,16-17,19-63H2,1-3H3/b18-15-. The average Bonchev–Trinajstić information content (AvgIpc) is 3.39. The molecular weight excluding hydrogens is 901 g/mol. The fourth-order valence-electron chi connectivity index (χ4n) is 10.3. The van der Waals surface area contributed by atoms with Gasteiger partial charge < -0.3 is 14.2 Å². The Morgan fingerprint density at radius 1 is 0.260 bits per heavy atom. The highest BCUT2D eigenvalue weighted by atomic mass is 16.6. The molecule has 0 rings (SSSR count). The van der Waals surface area contributed by atoms with Gasteiger partial charge in [0.25, 0.3) is 0 Å². The first-order valence-corrected chi connectivity index (χ1v) is 33.2. The number of esters is 3. The van der Waals surface area contributed by atoms with Crippen LogP contribution in [0.2, 0.25) is 0 Å². The fourth-order valence-corrected chi connectivity index (χ4v) is 10.3. The Hall–Kier alpha value is -1.85. The van der Waals surface area contributed by atoms with E-state index in [1.807, 2.05) is 0 Å². The van der Waals surface area contributed by atoms with Gasteiger partial charge in [-0.2, -0.15) is 0 Å². The number of carbonyl (C=O) groups is 3. The van der Waals surface area contributed by atoms with E-state index in [2.05, 4.69) is 32.9 Å². The lowest BCUT2D eigenvalue weighted by molar-refractivity contribution is -0.167. The van der Waals surface area contributed by atoms with Crippen molar-refractivity contribution >= 4 is 17.9 Å². The van der Waals surface area contributed by atoms with Crippen molar-refractivity contribution in [1.82, 2.24) is 0 Å². The van der Waals surface area contributed by atoms with Crippen LogP contribution >= 0.6 is 0 Å². The quantitative estimate of drug-likeness (QED) is 0.0261. The van der Waals surface area contributed by atoms with Gasteiger partial charge in [-0.1, -0.05) is 335 Å². The molecule has 0 fully saturated rings. The lowest BCUT2D eigenvalue weighted by atomic mass is 10.0. The van der Waals surface area contributed by atoms with Crippen molar-refractivity contribution in [3.63, 3.8) is 0 Å². The van der Waals surface area contributed by atoms with Crippen molar-refractivity contribution in [2.24, 2.45) is 0 Å². The Labute approximate surface area is 456 Å². The fraction of sp³-hybridized carbons (Fsp3) is 0.925. The molecular formula is C67H128O6. The maximum absolute atomic E-state index is 12.9. The molecule has 0 heterocycles. The van der Waals surface area contributed by atoms with Crippen LogP contribution < -0.4 is 0 Å². The molecule has 432 valence electrons. The van der Waals surface area contributed by atoms with E-state index in [-0.39, 0.29) is 31.1 Å². The number of carbonyl (C=O) groups excluding carboxylic acids is 3. The van der Waals surface area contributed by atoms with Crippen LogP contribution in [-0.4, -0.2) is 37.2 Å². The minimum Gasteiger partial charge on any atom is -0.462 e. The molecule has 0 amide bonds. The molecule has 0 aromatic rings. The molecule has 0 aliphatic carbocycles. The van der Waals surface area contributed by atoms with Gasteiger partial charge in [0.2, 0.25) is 0 Å². The Bertz CT molecular complexity index is 1130. The topological polar surface area (TPSA) is 78.9 Å². The highest BCUT2D eigenvalue weighted by Crippen LogP contribution is 2.19. The molecule has 1 unspecified atom stereocenters. The summed E-state index contributed by atoms with van der Waals surface area (Å²) in [6.45, 7) is 6.68. The van der Waals surface area contributed by atoms with Crippen LogP contribution in [0.1, 0.15) is 380 Å². The third-order valence-corrected chi connectivity index (χ3v) is 15.3. The zero-order chi connectivity index (χ0) is 52.9. The van der Waals surface area contributed by atoms with Crippen LogP contribution in [0.4, 0.5) is 0 Å². The van der Waals surface area contributed by atoms with Crippen LogP contribution in [0.15, 0.2) is 12.2 Å². The molecule has 0 saturated carbocycles. The summed E-state index contributed by atoms with van der Waals surface area (Å²) >= 11 is 0. The van der Waals surface area contributed by atoms with Gasteiger partial charge in [-0.05, 0) is 38.5 Å². The third-order valence-electron chi connectivity index (χ3n) is 15.3. The van der Waals surface area contributed by atoms with Crippen LogP contribution in [0, 0.1) is 0 Å². The first kappa shape index (κ1) is 71.2. The first-order valence-electron chi connectivity index (χ1n) is 33.2. The van der Waals surface area contributed by atoms with Crippen molar-refractivity contribution in [1.29, 1.82) is 0 Å². The second-order valence-corrected chi connectivity index (χ2v) is 22.7. The minimum atomic E-state index is -0.768. The Kier molecular flexibility index (Phi) is 61.1. The first-order chi connectivity index (χ1) is 36.0. The molecule has 73 heavy (non-hydrogen) atoms. The van der Waals surface area contributed by atoms with E-state index in [9.17, 15) is 14.4 Å². The maximum Gasteiger partial charge on any atom is 0.306 e. The largest absolute Gasteiger partial charge is 0.462 e. The highest BCUT2D eigenvalue weighted by Gasteiger charge is 2.19. The maximum atomic E-state index is 12.9. The number of unbranched alkanes of at least 4 members (excludes halogenated alkanes) is 49. The molecule has 0 N–H and O–H groups in total. The molecule has 0 saturated heterocycles. The van der Waals surface area contributed by atoms with Gasteiger partial charge in [0, 0.05) is 19.3 Å². The van der Waals surface area contributed by atoms with Crippen molar-refractivity contribution in [2.75, 3.05) is 13.2 Å². The summed E-state index contributed by atoms with van der Waals surface area (Å²) in [5.41, 5.74) is 0. The minimum absolute atomic E-state index is 0.0661. The summed E-state index contributed by atoms with van der Waals surface area (Å²) < 4.78 is 16.9. The average molecular weight is 1030 g/mol. The zero-order valence-electron chi connectivity index (χ0n) is 49.7. The monoisotopic (exact) mass is 1030 g/mol. The predicted octanol–water partition coefficient (Wildman–Crippen LogP) is 22.4. The third kappa shape index (κ3) is 60.9. The van der Waals surface area contributed by atoms with Crippen molar-refractivity contribution < 1.29 is 28.6 Å².